The summed E-state index contributed by atoms with van der Waals surface area (Å²) >= 11 is 0. The highest BCUT2D eigenvalue weighted by Crippen LogP contribution is 2.33. The molecule has 2 aromatic rings. The first-order chi connectivity index (χ1) is 10.6. The van der Waals surface area contributed by atoms with E-state index in [0.29, 0.717) is 13.1 Å². The van der Waals surface area contributed by atoms with E-state index in [1.165, 1.54) is 12.1 Å². The zero-order valence-corrected chi connectivity index (χ0v) is 12.4. The molecule has 0 unspecified atom stereocenters. The van der Waals surface area contributed by atoms with Gasteiger partial charge < -0.3 is 10.2 Å². The van der Waals surface area contributed by atoms with Gasteiger partial charge in [-0.25, -0.2) is 4.39 Å². The second kappa shape index (κ2) is 6.16. The molecule has 0 spiro atoms. The summed E-state index contributed by atoms with van der Waals surface area (Å²) in [7, 11) is 0. The summed E-state index contributed by atoms with van der Waals surface area (Å²) in [6, 6.07) is 5.87. The fourth-order valence-corrected chi connectivity index (χ4v) is 3.15. The van der Waals surface area contributed by atoms with E-state index in [4.69, 9.17) is 0 Å². The number of aromatic amines is 1. The van der Waals surface area contributed by atoms with Crippen LogP contribution < -0.4 is 0 Å². The fraction of sp³-hybridized carbons (Fsp3) is 0.438. The molecule has 1 saturated heterocycles. The summed E-state index contributed by atoms with van der Waals surface area (Å²) in [5, 5.41) is 27.0. The lowest BCUT2D eigenvalue weighted by molar-refractivity contribution is 0.0640. The van der Waals surface area contributed by atoms with Crippen molar-refractivity contribution < 1.29 is 14.6 Å². The number of hydrogen-bond donors (Lipinski definition) is 3. The summed E-state index contributed by atoms with van der Waals surface area (Å²) in [6.07, 6.45) is 1.09. The summed E-state index contributed by atoms with van der Waals surface area (Å²) < 4.78 is 13.1. The minimum absolute atomic E-state index is 0.115. The van der Waals surface area contributed by atoms with Crippen molar-refractivity contribution >= 4 is 0 Å². The number of aromatic nitrogens is 2. The number of nitrogens with zero attached hydrogens (tertiary/aromatic N) is 2. The number of benzene rings is 1. The molecular weight excluding hydrogens is 285 g/mol. The first kappa shape index (κ1) is 15.1. The Labute approximate surface area is 128 Å². The fourth-order valence-electron chi connectivity index (χ4n) is 3.15. The Hall–Kier alpha value is -1.76. The maximum absolute atomic E-state index is 13.1. The van der Waals surface area contributed by atoms with Crippen molar-refractivity contribution in [1.29, 1.82) is 0 Å². The van der Waals surface area contributed by atoms with Crippen LogP contribution in [-0.2, 0) is 6.54 Å². The van der Waals surface area contributed by atoms with E-state index >= 15 is 0 Å². The zero-order chi connectivity index (χ0) is 15.7. The second-order valence-corrected chi connectivity index (χ2v) is 5.85. The highest BCUT2D eigenvalue weighted by molar-refractivity contribution is 5.25. The Balaban J connectivity index is 1.80. The van der Waals surface area contributed by atoms with Crippen LogP contribution in [0.5, 0.6) is 0 Å². The van der Waals surface area contributed by atoms with Gasteiger partial charge in [0.1, 0.15) is 5.82 Å². The van der Waals surface area contributed by atoms with Crippen LogP contribution in [0.2, 0.25) is 0 Å². The molecule has 118 valence electrons. The van der Waals surface area contributed by atoms with Crippen LogP contribution in [0.4, 0.5) is 4.39 Å². The van der Waals surface area contributed by atoms with Crippen molar-refractivity contribution in [3.8, 4) is 0 Å². The van der Waals surface area contributed by atoms with Crippen molar-refractivity contribution in [2.75, 3.05) is 13.2 Å². The van der Waals surface area contributed by atoms with Crippen LogP contribution in [0.15, 0.2) is 30.5 Å². The molecule has 1 aliphatic rings. The van der Waals surface area contributed by atoms with Gasteiger partial charge in [0.2, 0.25) is 0 Å². The monoisotopic (exact) mass is 305 g/mol. The minimum Gasteiger partial charge on any atom is -0.395 e. The number of aryl methyl sites for hydroxylation is 1. The average molecular weight is 305 g/mol. The average Bonchev–Trinajstić information content (AvgIpc) is 3.04. The highest BCUT2D eigenvalue weighted by atomic mass is 19.1. The number of halogens is 1. The topological polar surface area (TPSA) is 72.4 Å². The van der Waals surface area contributed by atoms with E-state index in [2.05, 4.69) is 15.1 Å². The third kappa shape index (κ3) is 2.77. The van der Waals surface area contributed by atoms with E-state index in [0.717, 1.165) is 16.8 Å². The molecule has 3 rings (SSSR count). The van der Waals surface area contributed by atoms with Gasteiger partial charge in [0.25, 0.3) is 0 Å². The molecule has 3 N–H and O–H groups in total. The molecule has 0 radical (unpaired) electrons. The number of rotatable bonds is 4. The molecule has 1 aromatic heterocycles. The third-order valence-corrected chi connectivity index (χ3v) is 4.50. The first-order valence-corrected chi connectivity index (χ1v) is 7.37. The van der Waals surface area contributed by atoms with Crippen LogP contribution in [0.3, 0.4) is 0 Å². The van der Waals surface area contributed by atoms with Gasteiger partial charge in [0.15, 0.2) is 0 Å². The van der Waals surface area contributed by atoms with Crippen molar-refractivity contribution in [2.45, 2.75) is 31.5 Å². The molecular formula is C16H20FN3O2. The van der Waals surface area contributed by atoms with Crippen LogP contribution in [0.25, 0.3) is 0 Å². The van der Waals surface area contributed by atoms with Crippen LogP contribution in [0, 0.1) is 12.7 Å². The van der Waals surface area contributed by atoms with Crippen LogP contribution in [-0.4, -0.2) is 50.6 Å². The number of likely N-dealkylation sites (tertiary alicyclic amines) is 1. The highest BCUT2D eigenvalue weighted by Gasteiger charge is 2.41. The summed E-state index contributed by atoms with van der Waals surface area (Å²) in [5.41, 5.74) is 2.92. The Morgan fingerprint density at radius 3 is 2.68 bits per heavy atom. The van der Waals surface area contributed by atoms with Gasteiger partial charge in [-0.1, -0.05) is 12.1 Å². The number of H-pyrrole nitrogens is 1. The van der Waals surface area contributed by atoms with E-state index in [1.807, 2.05) is 6.92 Å². The SMILES string of the molecule is Cc1[nH]ncc1CN1C[C@H](c2ccc(F)cc2)[C@@H](O)[C@H]1CO. The third-order valence-electron chi connectivity index (χ3n) is 4.50. The normalized spacial score (nSPS) is 25.7. The number of aliphatic hydroxyl groups excluding tert-OH is 2. The Kier molecular flexibility index (Phi) is 4.24. The van der Waals surface area contributed by atoms with Gasteiger partial charge in [-0.3, -0.25) is 10.00 Å². The predicted molar refractivity (Wildman–Crippen MR) is 79.8 cm³/mol. The molecule has 22 heavy (non-hydrogen) atoms. The molecule has 0 bridgehead atoms. The predicted octanol–water partition coefficient (Wildman–Crippen LogP) is 1.18. The van der Waals surface area contributed by atoms with Gasteiger partial charge in [-0.05, 0) is 24.6 Å². The molecule has 0 amide bonds. The number of nitrogens with one attached hydrogen (secondary N) is 1. The van der Waals surface area contributed by atoms with Gasteiger partial charge in [-0.15, -0.1) is 0 Å². The maximum atomic E-state index is 13.1. The molecule has 0 aliphatic carbocycles. The zero-order valence-electron chi connectivity index (χ0n) is 12.4. The quantitative estimate of drug-likeness (QED) is 0.793. The Bertz CT molecular complexity index is 629. The molecule has 1 aliphatic heterocycles. The summed E-state index contributed by atoms with van der Waals surface area (Å²) in [6.45, 7) is 3.06. The number of hydrogen-bond acceptors (Lipinski definition) is 4. The van der Waals surface area contributed by atoms with E-state index in [-0.39, 0.29) is 24.4 Å². The molecule has 1 fully saturated rings. The molecule has 5 nitrogen and oxygen atoms in total. The van der Waals surface area contributed by atoms with Gasteiger partial charge >= 0.3 is 0 Å². The first-order valence-electron chi connectivity index (χ1n) is 7.37. The molecule has 0 saturated carbocycles. The number of aliphatic hydroxyl groups is 2. The summed E-state index contributed by atoms with van der Waals surface area (Å²) in [4.78, 5) is 2.05. The van der Waals surface area contributed by atoms with Crippen molar-refractivity contribution in [2.24, 2.45) is 0 Å². The van der Waals surface area contributed by atoms with Crippen LogP contribution >= 0.6 is 0 Å². The minimum atomic E-state index is -0.678. The molecule has 2 heterocycles. The van der Waals surface area contributed by atoms with Crippen molar-refractivity contribution in [1.82, 2.24) is 15.1 Å². The smallest absolute Gasteiger partial charge is 0.123 e. The Morgan fingerprint density at radius 2 is 2.09 bits per heavy atom. The molecule has 1 aromatic carbocycles. The van der Waals surface area contributed by atoms with Crippen molar-refractivity contribution in [3.05, 3.63) is 53.1 Å². The van der Waals surface area contributed by atoms with Gasteiger partial charge in [-0.2, -0.15) is 5.10 Å². The maximum Gasteiger partial charge on any atom is 0.123 e. The lowest BCUT2D eigenvalue weighted by atomic mass is 9.94. The second-order valence-electron chi connectivity index (χ2n) is 5.85. The molecule has 3 atom stereocenters. The van der Waals surface area contributed by atoms with E-state index in [1.54, 1.807) is 18.3 Å². The summed E-state index contributed by atoms with van der Waals surface area (Å²) in [5.74, 6) is -0.425. The van der Waals surface area contributed by atoms with Gasteiger partial charge in [0, 0.05) is 30.3 Å². The molecule has 6 heteroatoms. The van der Waals surface area contributed by atoms with E-state index < -0.39 is 6.10 Å². The van der Waals surface area contributed by atoms with Crippen LogP contribution in [0.1, 0.15) is 22.7 Å². The van der Waals surface area contributed by atoms with Crippen molar-refractivity contribution in [3.63, 3.8) is 0 Å². The van der Waals surface area contributed by atoms with E-state index in [9.17, 15) is 14.6 Å². The largest absolute Gasteiger partial charge is 0.395 e. The lowest BCUT2D eigenvalue weighted by Crippen LogP contribution is -2.38. The lowest BCUT2D eigenvalue weighted by Gasteiger charge is -2.23. The Morgan fingerprint density at radius 1 is 1.36 bits per heavy atom. The van der Waals surface area contributed by atoms with Gasteiger partial charge in [0.05, 0.1) is 24.9 Å². The standard InChI is InChI=1S/C16H20FN3O2/c1-10-12(6-18-19-10)7-20-8-14(16(22)15(20)9-21)11-2-4-13(17)5-3-11/h2-6,14-16,21-22H,7-9H2,1H3,(H,18,19)/t14-,15-,16-/m1/s1.